The van der Waals surface area contributed by atoms with Gasteiger partial charge in [0.25, 0.3) is 5.69 Å². The van der Waals surface area contributed by atoms with Crippen LogP contribution in [0.1, 0.15) is 11.1 Å². The lowest BCUT2D eigenvalue weighted by molar-refractivity contribution is -0.384. The SMILES string of the molecule is Cc1cccc(N2CCN(Cn3c(=S)sc4cc([N+](=O)[O-])ccc43)CC2)c1C. The number of non-ortho nitro benzene ring substituents is 1. The van der Waals surface area contributed by atoms with E-state index in [-0.39, 0.29) is 10.6 Å². The van der Waals surface area contributed by atoms with E-state index in [1.807, 2.05) is 6.07 Å². The highest BCUT2D eigenvalue weighted by atomic mass is 32.1. The number of nitro benzene ring substituents is 1. The number of nitrogens with zero attached hydrogens (tertiary/aromatic N) is 4. The average molecular weight is 415 g/mol. The van der Waals surface area contributed by atoms with Gasteiger partial charge in [0.05, 0.1) is 21.8 Å². The maximum absolute atomic E-state index is 11.0. The summed E-state index contributed by atoms with van der Waals surface area (Å²) in [5, 5.41) is 11.0. The first-order chi connectivity index (χ1) is 13.4. The number of aryl methyl sites for hydroxylation is 1. The fourth-order valence-corrected chi connectivity index (χ4v) is 5.05. The molecule has 0 aliphatic carbocycles. The van der Waals surface area contributed by atoms with Crippen molar-refractivity contribution in [3.63, 3.8) is 0 Å². The summed E-state index contributed by atoms with van der Waals surface area (Å²) in [6, 6.07) is 11.5. The third kappa shape index (κ3) is 3.55. The molecule has 0 atom stereocenters. The molecule has 0 bridgehead atoms. The Labute approximate surface area is 172 Å². The summed E-state index contributed by atoms with van der Waals surface area (Å²) in [5.41, 5.74) is 5.08. The minimum atomic E-state index is -0.362. The molecular formula is C20H22N4O2S2. The number of hydrogen-bond donors (Lipinski definition) is 0. The van der Waals surface area contributed by atoms with E-state index in [0.29, 0.717) is 0 Å². The number of fused-ring (bicyclic) bond motifs is 1. The van der Waals surface area contributed by atoms with Gasteiger partial charge in [0, 0.05) is 44.0 Å². The van der Waals surface area contributed by atoms with Crippen LogP contribution in [0.25, 0.3) is 10.2 Å². The van der Waals surface area contributed by atoms with Gasteiger partial charge in [-0.05, 0) is 49.3 Å². The van der Waals surface area contributed by atoms with E-state index < -0.39 is 0 Å². The van der Waals surface area contributed by atoms with Gasteiger partial charge in [-0.3, -0.25) is 15.0 Å². The van der Waals surface area contributed by atoms with Crippen molar-refractivity contribution in [2.24, 2.45) is 0 Å². The Morgan fingerprint density at radius 2 is 1.89 bits per heavy atom. The molecule has 1 fully saturated rings. The standard InChI is InChI=1S/C20H22N4O2S2/c1-14-4-3-5-17(15(14)2)22-10-8-21(9-11-22)13-23-18-7-6-16(24(25)26)12-19(18)28-20(23)27/h3-7,12H,8-11,13H2,1-2H3. The van der Waals surface area contributed by atoms with Crippen molar-refractivity contribution in [2.75, 3.05) is 31.1 Å². The van der Waals surface area contributed by atoms with E-state index in [2.05, 4.69) is 46.4 Å². The molecule has 3 aromatic rings. The molecule has 1 saturated heterocycles. The van der Waals surface area contributed by atoms with E-state index in [1.165, 1.54) is 28.2 Å². The molecule has 0 radical (unpaired) electrons. The number of piperazine rings is 1. The third-order valence-corrected chi connectivity index (χ3v) is 6.91. The summed E-state index contributed by atoms with van der Waals surface area (Å²) in [6.45, 7) is 8.93. The van der Waals surface area contributed by atoms with Crippen LogP contribution in [0.2, 0.25) is 0 Å². The van der Waals surface area contributed by atoms with Crippen LogP contribution in [0, 0.1) is 27.9 Å². The second-order valence-electron chi connectivity index (χ2n) is 7.17. The van der Waals surface area contributed by atoms with Gasteiger partial charge < -0.3 is 9.47 Å². The Morgan fingerprint density at radius 3 is 2.61 bits per heavy atom. The number of benzene rings is 2. The van der Waals surface area contributed by atoms with Gasteiger partial charge in [-0.2, -0.15) is 0 Å². The molecule has 2 heterocycles. The molecule has 6 nitrogen and oxygen atoms in total. The van der Waals surface area contributed by atoms with Crippen molar-refractivity contribution >= 4 is 45.1 Å². The van der Waals surface area contributed by atoms with Crippen LogP contribution in [0.4, 0.5) is 11.4 Å². The van der Waals surface area contributed by atoms with Crippen molar-refractivity contribution < 1.29 is 4.92 Å². The summed E-state index contributed by atoms with van der Waals surface area (Å²) >= 11 is 6.97. The molecule has 0 spiro atoms. The zero-order valence-corrected chi connectivity index (χ0v) is 17.6. The predicted molar refractivity (Wildman–Crippen MR) is 117 cm³/mol. The third-order valence-electron chi connectivity index (χ3n) is 5.49. The molecule has 28 heavy (non-hydrogen) atoms. The van der Waals surface area contributed by atoms with Gasteiger partial charge in [-0.25, -0.2) is 0 Å². The van der Waals surface area contributed by atoms with Crippen molar-refractivity contribution in [1.29, 1.82) is 0 Å². The largest absolute Gasteiger partial charge is 0.369 e. The maximum Gasteiger partial charge on any atom is 0.270 e. The summed E-state index contributed by atoms with van der Waals surface area (Å²) < 4.78 is 3.72. The molecule has 1 aromatic heterocycles. The molecular weight excluding hydrogens is 392 g/mol. The minimum Gasteiger partial charge on any atom is -0.369 e. The predicted octanol–water partition coefficient (Wildman–Crippen LogP) is 4.74. The number of rotatable bonds is 4. The normalized spacial score (nSPS) is 15.3. The molecule has 0 N–H and O–H groups in total. The van der Waals surface area contributed by atoms with Crippen LogP contribution < -0.4 is 4.90 Å². The fourth-order valence-electron chi connectivity index (χ4n) is 3.71. The molecule has 2 aromatic carbocycles. The lowest BCUT2D eigenvalue weighted by Gasteiger charge is -2.37. The van der Waals surface area contributed by atoms with Crippen LogP contribution in [0.5, 0.6) is 0 Å². The maximum atomic E-state index is 11.0. The Balaban J connectivity index is 1.49. The van der Waals surface area contributed by atoms with E-state index in [1.54, 1.807) is 12.1 Å². The summed E-state index contributed by atoms with van der Waals surface area (Å²) in [4.78, 5) is 15.5. The zero-order chi connectivity index (χ0) is 19.8. The smallest absolute Gasteiger partial charge is 0.270 e. The Hall–Kier alpha value is -2.29. The highest BCUT2D eigenvalue weighted by Gasteiger charge is 2.20. The van der Waals surface area contributed by atoms with Crippen molar-refractivity contribution in [3.05, 3.63) is 61.6 Å². The van der Waals surface area contributed by atoms with Crippen molar-refractivity contribution in [2.45, 2.75) is 20.5 Å². The molecule has 8 heteroatoms. The van der Waals surface area contributed by atoms with Gasteiger partial charge >= 0.3 is 0 Å². The number of hydrogen-bond acceptors (Lipinski definition) is 6. The number of nitro groups is 1. The molecule has 4 rings (SSSR count). The van der Waals surface area contributed by atoms with Gasteiger partial charge in [-0.1, -0.05) is 12.1 Å². The minimum absolute atomic E-state index is 0.109. The molecule has 0 saturated carbocycles. The van der Waals surface area contributed by atoms with Crippen molar-refractivity contribution in [3.8, 4) is 0 Å². The summed E-state index contributed by atoms with van der Waals surface area (Å²) in [5.74, 6) is 0. The van der Waals surface area contributed by atoms with Crippen LogP contribution in [-0.4, -0.2) is 40.6 Å². The molecule has 1 aliphatic heterocycles. The van der Waals surface area contributed by atoms with E-state index in [0.717, 1.165) is 47.0 Å². The average Bonchev–Trinajstić information content (AvgIpc) is 2.99. The van der Waals surface area contributed by atoms with Crippen LogP contribution in [-0.2, 0) is 6.67 Å². The van der Waals surface area contributed by atoms with Gasteiger partial charge in [0.15, 0.2) is 3.95 Å². The molecule has 146 valence electrons. The monoisotopic (exact) mass is 414 g/mol. The second kappa shape index (κ2) is 7.62. The number of aromatic nitrogens is 1. The zero-order valence-electron chi connectivity index (χ0n) is 15.9. The first-order valence-corrected chi connectivity index (χ1v) is 10.5. The Morgan fingerprint density at radius 1 is 1.14 bits per heavy atom. The second-order valence-corrected chi connectivity index (χ2v) is 8.85. The number of anilines is 1. The lowest BCUT2D eigenvalue weighted by atomic mass is 10.1. The van der Waals surface area contributed by atoms with Crippen LogP contribution >= 0.6 is 23.6 Å². The fraction of sp³-hybridized carbons (Fsp3) is 0.350. The molecule has 0 amide bonds. The molecule has 1 aliphatic rings. The van der Waals surface area contributed by atoms with Gasteiger partial charge in [-0.15, -0.1) is 11.3 Å². The van der Waals surface area contributed by atoms with E-state index in [9.17, 15) is 10.1 Å². The Kier molecular flexibility index (Phi) is 5.18. The quantitative estimate of drug-likeness (QED) is 0.351. The lowest BCUT2D eigenvalue weighted by Crippen LogP contribution is -2.47. The first kappa shape index (κ1) is 19.0. The van der Waals surface area contributed by atoms with Gasteiger partial charge in [0.2, 0.25) is 0 Å². The van der Waals surface area contributed by atoms with Crippen LogP contribution in [0.15, 0.2) is 36.4 Å². The highest BCUT2D eigenvalue weighted by Crippen LogP contribution is 2.28. The topological polar surface area (TPSA) is 54.5 Å². The van der Waals surface area contributed by atoms with Crippen molar-refractivity contribution in [1.82, 2.24) is 9.47 Å². The number of thiazole rings is 1. The highest BCUT2D eigenvalue weighted by molar-refractivity contribution is 7.73. The van der Waals surface area contributed by atoms with Gasteiger partial charge in [0.1, 0.15) is 0 Å². The summed E-state index contributed by atoms with van der Waals surface area (Å²) in [6.07, 6.45) is 0. The Bertz CT molecular complexity index is 1100. The first-order valence-electron chi connectivity index (χ1n) is 9.25. The van der Waals surface area contributed by atoms with E-state index in [4.69, 9.17) is 12.2 Å². The van der Waals surface area contributed by atoms with Crippen LogP contribution in [0.3, 0.4) is 0 Å². The van der Waals surface area contributed by atoms with E-state index >= 15 is 0 Å². The summed E-state index contributed by atoms with van der Waals surface area (Å²) in [7, 11) is 0. The molecule has 0 unspecified atom stereocenters.